The van der Waals surface area contributed by atoms with E-state index >= 15 is 0 Å². The molecule has 5 nitrogen and oxygen atoms in total. The fourth-order valence-electron chi connectivity index (χ4n) is 1.42. The molecule has 3 rings (SSSR count). The molecule has 90 valence electrons. The summed E-state index contributed by atoms with van der Waals surface area (Å²) in [5.74, 6) is 0. The number of oxazole rings is 1. The number of anilines is 1. The van der Waals surface area contributed by atoms with Gasteiger partial charge in [0.2, 0.25) is 0 Å². The van der Waals surface area contributed by atoms with Gasteiger partial charge in [0.05, 0.1) is 3.57 Å². The third-order valence-corrected chi connectivity index (χ3v) is 4.23. The van der Waals surface area contributed by atoms with Gasteiger partial charge in [0.1, 0.15) is 16.9 Å². The number of hydrogen-bond donors (Lipinski definition) is 1. The first-order valence-corrected chi connectivity index (χ1v) is 6.91. The number of nitrogen functional groups attached to an aromatic ring is 1. The Kier molecular flexibility index (Phi) is 3.08. The van der Waals surface area contributed by atoms with Crippen molar-refractivity contribution in [3.05, 3.63) is 34.3 Å². The van der Waals surface area contributed by atoms with Crippen molar-refractivity contribution in [3.63, 3.8) is 0 Å². The maximum Gasteiger partial charge on any atom is 0.263 e. The third kappa shape index (κ3) is 2.27. The van der Waals surface area contributed by atoms with Crippen molar-refractivity contribution in [3.8, 4) is 0 Å². The summed E-state index contributed by atoms with van der Waals surface area (Å²) < 4.78 is 6.58. The van der Waals surface area contributed by atoms with Crippen LogP contribution in [0.15, 0.2) is 45.4 Å². The zero-order valence-electron chi connectivity index (χ0n) is 9.00. The van der Waals surface area contributed by atoms with Crippen LogP contribution in [0.4, 0.5) is 5.69 Å². The Labute approximate surface area is 120 Å². The number of halogens is 1. The standard InChI is InChI=1S/C11H7IN4OS/c12-7-4-14-5-15-10(7)18-11-16-8-2-1-6(13)3-9(8)17-11/h1-5H,13H2. The molecular weight excluding hydrogens is 363 g/mol. The van der Waals surface area contributed by atoms with Gasteiger partial charge in [0.25, 0.3) is 5.22 Å². The van der Waals surface area contributed by atoms with Crippen LogP contribution in [-0.4, -0.2) is 15.0 Å². The molecule has 1 aromatic carbocycles. The number of nitrogens with two attached hydrogens (primary N) is 1. The SMILES string of the molecule is Nc1ccc2nc(Sc3ncncc3I)oc2c1. The highest BCUT2D eigenvalue weighted by Crippen LogP contribution is 2.31. The first kappa shape index (κ1) is 11.7. The summed E-state index contributed by atoms with van der Waals surface area (Å²) >= 11 is 3.54. The van der Waals surface area contributed by atoms with Crippen LogP contribution >= 0.6 is 34.4 Å². The van der Waals surface area contributed by atoms with Crippen LogP contribution in [0.25, 0.3) is 11.1 Å². The molecule has 3 aromatic rings. The molecule has 0 fully saturated rings. The maximum absolute atomic E-state index is 5.69. The molecule has 0 bridgehead atoms. The number of nitrogens with zero attached hydrogens (tertiary/aromatic N) is 3. The molecule has 0 atom stereocenters. The molecule has 0 amide bonds. The first-order chi connectivity index (χ1) is 8.72. The van der Waals surface area contributed by atoms with Gasteiger partial charge < -0.3 is 10.2 Å². The van der Waals surface area contributed by atoms with Gasteiger partial charge in [-0.2, -0.15) is 0 Å². The lowest BCUT2D eigenvalue weighted by Gasteiger charge is -1.96. The summed E-state index contributed by atoms with van der Waals surface area (Å²) in [6.07, 6.45) is 3.25. The van der Waals surface area contributed by atoms with E-state index in [9.17, 15) is 0 Å². The van der Waals surface area contributed by atoms with E-state index in [-0.39, 0.29) is 0 Å². The molecule has 0 radical (unpaired) electrons. The average molecular weight is 370 g/mol. The molecule has 2 heterocycles. The lowest BCUT2D eigenvalue weighted by molar-refractivity contribution is 0.489. The number of aromatic nitrogens is 3. The Hall–Kier alpha value is -1.35. The average Bonchev–Trinajstić information content (AvgIpc) is 2.73. The van der Waals surface area contributed by atoms with Crippen LogP contribution in [0.2, 0.25) is 0 Å². The number of rotatable bonds is 2. The molecule has 7 heteroatoms. The van der Waals surface area contributed by atoms with E-state index < -0.39 is 0 Å². The van der Waals surface area contributed by atoms with Crippen molar-refractivity contribution in [1.29, 1.82) is 0 Å². The van der Waals surface area contributed by atoms with Gasteiger partial charge in [0.15, 0.2) is 5.58 Å². The first-order valence-electron chi connectivity index (χ1n) is 5.02. The van der Waals surface area contributed by atoms with Crippen LogP contribution < -0.4 is 5.73 Å². The van der Waals surface area contributed by atoms with Crippen molar-refractivity contribution in [2.24, 2.45) is 0 Å². The van der Waals surface area contributed by atoms with E-state index in [0.29, 0.717) is 16.5 Å². The third-order valence-electron chi connectivity index (χ3n) is 2.21. The molecule has 0 spiro atoms. The van der Waals surface area contributed by atoms with E-state index in [1.807, 2.05) is 6.07 Å². The van der Waals surface area contributed by atoms with Crippen molar-refractivity contribution < 1.29 is 4.42 Å². The van der Waals surface area contributed by atoms with E-state index in [1.54, 1.807) is 18.3 Å². The monoisotopic (exact) mass is 370 g/mol. The van der Waals surface area contributed by atoms with Crippen LogP contribution in [0.3, 0.4) is 0 Å². The molecule has 2 N–H and O–H groups in total. The smallest absolute Gasteiger partial charge is 0.263 e. The molecule has 0 aliphatic heterocycles. The van der Waals surface area contributed by atoms with Crippen molar-refractivity contribution in [1.82, 2.24) is 15.0 Å². The number of fused-ring (bicyclic) bond motifs is 1. The van der Waals surface area contributed by atoms with E-state index in [4.69, 9.17) is 10.2 Å². The quantitative estimate of drug-likeness (QED) is 0.425. The van der Waals surface area contributed by atoms with E-state index in [1.165, 1.54) is 18.1 Å². The fourth-order valence-corrected chi connectivity index (χ4v) is 2.74. The molecule has 0 saturated carbocycles. The van der Waals surface area contributed by atoms with Gasteiger partial charge >= 0.3 is 0 Å². The Morgan fingerprint density at radius 1 is 1.33 bits per heavy atom. The van der Waals surface area contributed by atoms with Gasteiger partial charge in [-0.1, -0.05) is 0 Å². The minimum atomic E-state index is 0.548. The zero-order valence-corrected chi connectivity index (χ0v) is 12.0. The molecule has 0 aliphatic rings. The van der Waals surface area contributed by atoms with Gasteiger partial charge in [-0.3, -0.25) is 0 Å². The highest BCUT2D eigenvalue weighted by atomic mass is 127. The number of hydrogen-bond acceptors (Lipinski definition) is 6. The second kappa shape index (κ2) is 4.73. The Bertz CT molecular complexity index is 715. The predicted octanol–water partition coefficient (Wildman–Crippen LogP) is 2.96. The molecule has 0 unspecified atom stereocenters. The van der Waals surface area contributed by atoms with Crippen LogP contribution in [0.1, 0.15) is 0 Å². The van der Waals surface area contributed by atoms with E-state index in [0.717, 1.165) is 14.1 Å². The summed E-state index contributed by atoms with van der Waals surface area (Å²) in [4.78, 5) is 12.5. The van der Waals surface area contributed by atoms with Gasteiger partial charge in [-0.25, -0.2) is 15.0 Å². The molecule has 0 saturated heterocycles. The van der Waals surface area contributed by atoms with Crippen LogP contribution in [0.5, 0.6) is 0 Å². The highest BCUT2D eigenvalue weighted by molar-refractivity contribution is 14.1. The van der Waals surface area contributed by atoms with Gasteiger partial charge in [-0.15, -0.1) is 0 Å². The maximum atomic E-state index is 5.69. The normalized spacial score (nSPS) is 10.9. The Balaban J connectivity index is 1.98. The predicted molar refractivity (Wildman–Crippen MR) is 77.3 cm³/mol. The fraction of sp³-hybridized carbons (Fsp3) is 0. The summed E-state index contributed by atoms with van der Waals surface area (Å²) in [7, 11) is 0. The second-order valence-corrected chi connectivity index (χ2v) is 5.59. The van der Waals surface area contributed by atoms with E-state index in [2.05, 4.69) is 37.5 Å². The van der Waals surface area contributed by atoms with Crippen molar-refractivity contribution in [2.45, 2.75) is 10.2 Å². The summed E-state index contributed by atoms with van der Waals surface area (Å²) in [6.45, 7) is 0. The Morgan fingerprint density at radius 3 is 3.06 bits per heavy atom. The summed E-state index contributed by atoms with van der Waals surface area (Å²) in [5, 5.41) is 1.37. The molecular formula is C11H7IN4OS. The largest absolute Gasteiger partial charge is 0.431 e. The summed E-state index contributed by atoms with van der Waals surface area (Å²) in [6, 6.07) is 5.40. The minimum absolute atomic E-state index is 0.548. The van der Waals surface area contributed by atoms with Crippen molar-refractivity contribution in [2.75, 3.05) is 5.73 Å². The minimum Gasteiger partial charge on any atom is -0.431 e. The summed E-state index contributed by atoms with van der Waals surface area (Å²) in [5.41, 5.74) is 7.82. The highest BCUT2D eigenvalue weighted by Gasteiger charge is 2.10. The topological polar surface area (TPSA) is 77.8 Å². The molecule has 2 aromatic heterocycles. The molecule has 18 heavy (non-hydrogen) atoms. The second-order valence-electron chi connectivity index (χ2n) is 3.48. The van der Waals surface area contributed by atoms with Gasteiger partial charge in [0, 0.05) is 18.0 Å². The Morgan fingerprint density at radius 2 is 2.22 bits per heavy atom. The zero-order chi connectivity index (χ0) is 12.5. The van der Waals surface area contributed by atoms with Crippen LogP contribution in [-0.2, 0) is 0 Å². The van der Waals surface area contributed by atoms with Crippen molar-refractivity contribution >= 4 is 51.1 Å². The number of benzene rings is 1. The van der Waals surface area contributed by atoms with Crippen LogP contribution in [0, 0.1) is 3.57 Å². The lowest BCUT2D eigenvalue weighted by atomic mass is 10.3. The lowest BCUT2D eigenvalue weighted by Crippen LogP contribution is -1.86. The van der Waals surface area contributed by atoms with Gasteiger partial charge in [-0.05, 0) is 46.5 Å². The molecule has 0 aliphatic carbocycles.